The van der Waals surface area contributed by atoms with E-state index in [9.17, 15) is 0 Å². The second-order valence-corrected chi connectivity index (χ2v) is 3.71. The molecule has 0 atom stereocenters. The van der Waals surface area contributed by atoms with Gasteiger partial charge in [-0.2, -0.15) is 0 Å². The van der Waals surface area contributed by atoms with Crippen LogP contribution in [0.2, 0.25) is 5.02 Å². The van der Waals surface area contributed by atoms with Crippen molar-refractivity contribution < 1.29 is 0 Å². The summed E-state index contributed by atoms with van der Waals surface area (Å²) in [5.74, 6) is 0. The Morgan fingerprint density at radius 2 is 2.08 bits per heavy atom. The standard InChI is InChI=1S/C9H6ClN2S/c10-7-1-3-8(4-2-7)12-9-11-5-6-13-9/h1-4,6H,(H,11,12). The van der Waals surface area contributed by atoms with Gasteiger partial charge in [-0.15, -0.1) is 11.3 Å². The van der Waals surface area contributed by atoms with Crippen LogP contribution in [0.25, 0.3) is 0 Å². The molecule has 2 aromatic rings. The van der Waals surface area contributed by atoms with Crippen molar-refractivity contribution in [2.24, 2.45) is 0 Å². The first-order valence-electron chi connectivity index (χ1n) is 3.69. The van der Waals surface area contributed by atoms with E-state index in [1.54, 1.807) is 5.38 Å². The molecule has 13 heavy (non-hydrogen) atoms. The molecule has 0 aliphatic heterocycles. The van der Waals surface area contributed by atoms with Gasteiger partial charge in [0.05, 0.1) is 0 Å². The summed E-state index contributed by atoms with van der Waals surface area (Å²) in [6.07, 6.45) is 2.74. The van der Waals surface area contributed by atoms with Gasteiger partial charge in [0, 0.05) is 16.1 Å². The van der Waals surface area contributed by atoms with E-state index in [0.717, 1.165) is 15.8 Å². The average molecular weight is 210 g/mol. The van der Waals surface area contributed by atoms with E-state index in [4.69, 9.17) is 11.6 Å². The third-order valence-electron chi connectivity index (χ3n) is 1.48. The molecular formula is C9H6ClN2S. The summed E-state index contributed by atoms with van der Waals surface area (Å²) in [6, 6.07) is 7.48. The molecule has 0 amide bonds. The number of halogens is 1. The van der Waals surface area contributed by atoms with Gasteiger partial charge in [0.1, 0.15) is 6.20 Å². The van der Waals surface area contributed by atoms with Gasteiger partial charge in [-0.3, -0.25) is 0 Å². The van der Waals surface area contributed by atoms with Crippen LogP contribution >= 0.6 is 22.9 Å². The third-order valence-corrected chi connectivity index (χ3v) is 2.38. The van der Waals surface area contributed by atoms with Crippen LogP contribution in [0.15, 0.2) is 29.6 Å². The molecule has 1 aromatic heterocycles. The highest BCUT2D eigenvalue weighted by molar-refractivity contribution is 7.13. The van der Waals surface area contributed by atoms with Crippen LogP contribution in [0.5, 0.6) is 0 Å². The van der Waals surface area contributed by atoms with Crippen LogP contribution in [0, 0.1) is 6.20 Å². The topological polar surface area (TPSA) is 24.9 Å². The van der Waals surface area contributed by atoms with Gasteiger partial charge in [0.25, 0.3) is 0 Å². The molecule has 1 N–H and O–H groups in total. The molecule has 0 saturated carbocycles. The van der Waals surface area contributed by atoms with Gasteiger partial charge in [-0.25, -0.2) is 4.98 Å². The van der Waals surface area contributed by atoms with Gasteiger partial charge >= 0.3 is 0 Å². The molecule has 0 saturated heterocycles. The van der Waals surface area contributed by atoms with Crippen molar-refractivity contribution >= 4 is 33.8 Å². The lowest BCUT2D eigenvalue weighted by Gasteiger charge is -2.00. The van der Waals surface area contributed by atoms with Crippen LogP contribution < -0.4 is 5.32 Å². The summed E-state index contributed by atoms with van der Waals surface area (Å²) >= 11 is 7.26. The minimum Gasteiger partial charge on any atom is -0.332 e. The van der Waals surface area contributed by atoms with Crippen molar-refractivity contribution in [3.05, 3.63) is 40.9 Å². The first kappa shape index (κ1) is 8.53. The third kappa shape index (κ3) is 2.20. The van der Waals surface area contributed by atoms with Crippen molar-refractivity contribution in [3.63, 3.8) is 0 Å². The Kier molecular flexibility index (Phi) is 2.47. The molecule has 0 fully saturated rings. The molecule has 0 spiro atoms. The van der Waals surface area contributed by atoms with Gasteiger partial charge < -0.3 is 5.32 Å². The van der Waals surface area contributed by atoms with E-state index in [1.165, 1.54) is 11.3 Å². The predicted octanol–water partition coefficient (Wildman–Crippen LogP) is 3.34. The molecule has 0 aliphatic carbocycles. The number of hydrogen-bond donors (Lipinski definition) is 1. The zero-order valence-corrected chi connectivity index (χ0v) is 8.19. The Morgan fingerprint density at radius 3 is 2.69 bits per heavy atom. The van der Waals surface area contributed by atoms with Crippen LogP contribution in [-0.2, 0) is 0 Å². The lowest BCUT2D eigenvalue weighted by atomic mass is 10.3. The van der Waals surface area contributed by atoms with Gasteiger partial charge in [0.15, 0.2) is 5.13 Å². The Labute approximate surface area is 85.2 Å². The summed E-state index contributed by atoms with van der Waals surface area (Å²) in [5, 5.41) is 6.50. The van der Waals surface area contributed by atoms with Crippen molar-refractivity contribution in [1.29, 1.82) is 0 Å². The highest BCUT2D eigenvalue weighted by Crippen LogP contribution is 2.19. The molecule has 1 aromatic carbocycles. The summed E-state index contributed by atoms with van der Waals surface area (Å²) in [4.78, 5) is 3.98. The zero-order valence-electron chi connectivity index (χ0n) is 6.62. The van der Waals surface area contributed by atoms with E-state index in [2.05, 4.69) is 16.5 Å². The van der Waals surface area contributed by atoms with E-state index < -0.39 is 0 Å². The molecule has 0 aliphatic rings. The zero-order chi connectivity index (χ0) is 9.10. The quantitative estimate of drug-likeness (QED) is 0.821. The molecule has 2 rings (SSSR count). The summed E-state index contributed by atoms with van der Waals surface area (Å²) in [5.41, 5.74) is 0.979. The lowest BCUT2D eigenvalue weighted by molar-refractivity contribution is 1.38. The Balaban J connectivity index is 2.15. The van der Waals surface area contributed by atoms with Crippen LogP contribution in [0.4, 0.5) is 10.8 Å². The van der Waals surface area contributed by atoms with Crippen molar-refractivity contribution in [1.82, 2.24) is 4.98 Å². The fourth-order valence-corrected chi connectivity index (χ4v) is 1.53. The second kappa shape index (κ2) is 3.77. The minimum absolute atomic E-state index is 0.733. The van der Waals surface area contributed by atoms with Crippen LogP contribution in [-0.4, -0.2) is 4.98 Å². The number of thiazole rings is 1. The fraction of sp³-hybridized carbons (Fsp3) is 0. The maximum atomic E-state index is 5.75. The second-order valence-electron chi connectivity index (χ2n) is 2.41. The van der Waals surface area contributed by atoms with Gasteiger partial charge in [0.2, 0.25) is 0 Å². The molecule has 1 heterocycles. The largest absolute Gasteiger partial charge is 0.332 e. The number of nitrogens with zero attached hydrogens (tertiary/aromatic N) is 1. The Bertz CT molecular complexity index is 369. The number of benzene rings is 1. The first-order valence-corrected chi connectivity index (χ1v) is 4.94. The van der Waals surface area contributed by atoms with Crippen molar-refractivity contribution in [2.45, 2.75) is 0 Å². The molecule has 4 heteroatoms. The molecule has 1 radical (unpaired) electrons. The number of nitrogens with one attached hydrogen (secondary N) is 1. The maximum Gasteiger partial charge on any atom is 0.187 e. The number of aromatic nitrogens is 1. The fourth-order valence-electron chi connectivity index (χ4n) is 0.908. The molecule has 0 bridgehead atoms. The van der Waals surface area contributed by atoms with Gasteiger partial charge in [-0.05, 0) is 24.3 Å². The van der Waals surface area contributed by atoms with E-state index in [1.807, 2.05) is 24.3 Å². The molecule has 2 nitrogen and oxygen atoms in total. The normalized spacial score (nSPS) is 9.92. The number of rotatable bonds is 2. The van der Waals surface area contributed by atoms with Crippen molar-refractivity contribution in [3.8, 4) is 0 Å². The number of anilines is 2. The Hall–Kier alpha value is -1.06. The van der Waals surface area contributed by atoms with E-state index in [0.29, 0.717) is 0 Å². The first-order chi connectivity index (χ1) is 6.34. The number of hydrogen-bond acceptors (Lipinski definition) is 3. The molecule has 0 unspecified atom stereocenters. The van der Waals surface area contributed by atoms with Gasteiger partial charge in [-0.1, -0.05) is 11.6 Å². The minimum atomic E-state index is 0.733. The Morgan fingerprint density at radius 1 is 1.31 bits per heavy atom. The summed E-state index contributed by atoms with van der Waals surface area (Å²) in [6.45, 7) is 0. The average Bonchev–Trinajstić information content (AvgIpc) is 2.62. The molecule has 65 valence electrons. The summed E-state index contributed by atoms with van der Waals surface area (Å²) in [7, 11) is 0. The summed E-state index contributed by atoms with van der Waals surface area (Å²) < 4.78 is 0. The predicted molar refractivity (Wildman–Crippen MR) is 55.7 cm³/mol. The van der Waals surface area contributed by atoms with Crippen LogP contribution in [0.1, 0.15) is 0 Å². The lowest BCUT2D eigenvalue weighted by Crippen LogP contribution is -1.87. The van der Waals surface area contributed by atoms with E-state index >= 15 is 0 Å². The SMILES string of the molecule is Clc1ccc(Nc2n[c]cs2)cc1. The smallest absolute Gasteiger partial charge is 0.187 e. The van der Waals surface area contributed by atoms with Crippen LogP contribution in [0.3, 0.4) is 0 Å². The van der Waals surface area contributed by atoms with E-state index in [-0.39, 0.29) is 0 Å². The maximum absolute atomic E-state index is 5.75. The highest BCUT2D eigenvalue weighted by Gasteiger charge is 1.95. The monoisotopic (exact) mass is 209 g/mol. The van der Waals surface area contributed by atoms with Crippen molar-refractivity contribution in [2.75, 3.05) is 5.32 Å². The molecular weight excluding hydrogens is 204 g/mol. The highest BCUT2D eigenvalue weighted by atomic mass is 35.5.